The number of rotatable bonds is 8. The SMILES string of the molecule is O=c1nc(SCc2ccccc2)n(CCc2ccccn2)cc1Cc1cncnc1. The van der Waals surface area contributed by atoms with Crippen molar-refractivity contribution >= 4 is 11.8 Å². The van der Waals surface area contributed by atoms with Crippen LogP contribution in [0.1, 0.15) is 22.4 Å². The molecule has 0 spiro atoms. The zero-order chi connectivity index (χ0) is 20.6. The van der Waals surface area contributed by atoms with Gasteiger partial charge >= 0.3 is 0 Å². The molecule has 0 bridgehead atoms. The Bertz CT molecular complexity index is 1130. The average molecular weight is 416 g/mol. The third-order valence-corrected chi connectivity index (χ3v) is 5.65. The number of pyridine rings is 1. The number of nitrogens with zero attached hydrogens (tertiary/aromatic N) is 5. The van der Waals surface area contributed by atoms with E-state index in [9.17, 15) is 4.79 Å². The van der Waals surface area contributed by atoms with Crippen molar-refractivity contribution in [2.24, 2.45) is 0 Å². The number of aryl methyl sites for hydroxylation is 2. The van der Waals surface area contributed by atoms with Crippen LogP contribution in [0, 0.1) is 0 Å². The second-order valence-corrected chi connectivity index (χ2v) is 7.76. The fraction of sp³-hybridized carbons (Fsp3) is 0.174. The van der Waals surface area contributed by atoms with Crippen LogP contribution in [-0.2, 0) is 25.1 Å². The van der Waals surface area contributed by atoms with Crippen molar-refractivity contribution in [2.75, 3.05) is 0 Å². The molecule has 3 heterocycles. The summed E-state index contributed by atoms with van der Waals surface area (Å²) in [5.74, 6) is 0.753. The maximum Gasteiger partial charge on any atom is 0.277 e. The summed E-state index contributed by atoms with van der Waals surface area (Å²) >= 11 is 1.57. The van der Waals surface area contributed by atoms with Crippen molar-refractivity contribution in [1.29, 1.82) is 0 Å². The molecule has 0 fully saturated rings. The topological polar surface area (TPSA) is 73.6 Å². The van der Waals surface area contributed by atoms with Gasteiger partial charge in [-0.1, -0.05) is 48.2 Å². The molecule has 0 saturated carbocycles. The van der Waals surface area contributed by atoms with Gasteiger partial charge in [0.1, 0.15) is 6.33 Å². The molecule has 0 atom stereocenters. The normalized spacial score (nSPS) is 10.8. The summed E-state index contributed by atoms with van der Waals surface area (Å²) in [6.07, 6.45) is 9.86. The van der Waals surface area contributed by atoms with Gasteiger partial charge in [-0.3, -0.25) is 9.78 Å². The molecule has 1 aromatic carbocycles. The lowest BCUT2D eigenvalue weighted by Crippen LogP contribution is -2.20. The first-order valence-electron chi connectivity index (χ1n) is 9.69. The predicted molar refractivity (Wildman–Crippen MR) is 117 cm³/mol. The lowest BCUT2D eigenvalue weighted by atomic mass is 10.1. The highest BCUT2D eigenvalue weighted by atomic mass is 32.2. The lowest BCUT2D eigenvalue weighted by molar-refractivity contribution is 0.590. The molecule has 0 aliphatic rings. The number of benzene rings is 1. The van der Waals surface area contributed by atoms with Crippen molar-refractivity contribution in [2.45, 2.75) is 30.3 Å². The fourth-order valence-electron chi connectivity index (χ4n) is 3.06. The van der Waals surface area contributed by atoms with Gasteiger partial charge in [0.25, 0.3) is 5.56 Å². The van der Waals surface area contributed by atoms with E-state index in [0.717, 1.165) is 23.4 Å². The van der Waals surface area contributed by atoms with E-state index in [2.05, 4.69) is 36.6 Å². The fourth-order valence-corrected chi connectivity index (χ4v) is 4.01. The molecule has 0 aliphatic carbocycles. The standard InChI is InChI=1S/C23H21N5OS/c29-22-20(12-19-13-24-17-25-14-19)15-28(11-9-21-8-4-5-10-26-21)23(27-22)30-16-18-6-2-1-3-7-18/h1-8,10,13-15,17H,9,11-12,16H2. The van der Waals surface area contributed by atoms with E-state index in [1.165, 1.54) is 11.9 Å². The maximum atomic E-state index is 12.7. The summed E-state index contributed by atoms with van der Waals surface area (Å²) in [5, 5.41) is 0.716. The maximum absolute atomic E-state index is 12.7. The van der Waals surface area contributed by atoms with Gasteiger partial charge in [-0.2, -0.15) is 4.98 Å². The molecule has 7 heteroatoms. The molecule has 4 aromatic rings. The third kappa shape index (κ3) is 5.39. The first kappa shape index (κ1) is 20.0. The van der Waals surface area contributed by atoms with Gasteiger partial charge in [0.15, 0.2) is 5.16 Å². The van der Waals surface area contributed by atoms with Gasteiger partial charge in [-0.25, -0.2) is 9.97 Å². The summed E-state index contributed by atoms with van der Waals surface area (Å²) < 4.78 is 2.06. The number of hydrogen-bond acceptors (Lipinski definition) is 6. The highest BCUT2D eigenvalue weighted by molar-refractivity contribution is 7.98. The van der Waals surface area contributed by atoms with E-state index < -0.39 is 0 Å². The Kier molecular flexibility index (Phi) is 6.61. The zero-order valence-electron chi connectivity index (χ0n) is 16.4. The molecule has 3 aromatic heterocycles. The van der Waals surface area contributed by atoms with Crippen LogP contribution >= 0.6 is 11.8 Å². The van der Waals surface area contributed by atoms with Gasteiger partial charge in [-0.05, 0) is 23.3 Å². The molecule has 4 rings (SSSR count). The van der Waals surface area contributed by atoms with Gasteiger partial charge < -0.3 is 4.57 Å². The minimum atomic E-state index is -0.205. The second-order valence-electron chi connectivity index (χ2n) is 6.82. The second kappa shape index (κ2) is 9.93. The highest BCUT2D eigenvalue weighted by Crippen LogP contribution is 2.21. The van der Waals surface area contributed by atoms with Crippen molar-refractivity contribution in [3.63, 3.8) is 0 Å². The van der Waals surface area contributed by atoms with Crippen molar-refractivity contribution < 1.29 is 0 Å². The van der Waals surface area contributed by atoms with Crippen LogP contribution in [0.4, 0.5) is 0 Å². The highest BCUT2D eigenvalue weighted by Gasteiger charge is 2.11. The molecule has 0 N–H and O–H groups in total. The van der Waals surface area contributed by atoms with Crippen LogP contribution in [0.3, 0.4) is 0 Å². The van der Waals surface area contributed by atoms with Crippen molar-refractivity contribution in [1.82, 2.24) is 24.5 Å². The molecule has 0 amide bonds. The summed E-state index contributed by atoms with van der Waals surface area (Å²) in [4.78, 5) is 29.6. The molecular formula is C23H21N5OS. The van der Waals surface area contributed by atoms with Crippen molar-refractivity contribution in [3.8, 4) is 0 Å². The first-order valence-corrected chi connectivity index (χ1v) is 10.7. The Morgan fingerprint density at radius 1 is 0.933 bits per heavy atom. The summed E-state index contributed by atoms with van der Waals surface area (Å²) in [6.45, 7) is 0.694. The zero-order valence-corrected chi connectivity index (χ0v) is 17.2. The van der Waals surface area contributed by atoms with E-state index in [1.54, 1.807) is 30.4 Å². The van der Waals surface area contributed by atoms with Crippen LogP contribution in [0.2, 0.25) is 0 Å². The van der Waals surface area contributed by atoms with E-state index in [0.29, 0.717) is 23.7 Å². The van der Waals surface area contributed by atoms with Gasteiger partial charge in [0.05, 0.1) is 0 Å². The Hall–Kier alpha value is -3.32. The monoisotopic (exact) mass is 415 g/mol. The quantitative estimate of drug-likeness (QED) is 0.324. The smallest absolute Gasteiger partial charge is 0.277 e. The Balaban J connectivity index is 1.59. The van der Waals surface area contributed by atoms with E-state index >= 15 is 0 Å². The van der Waals surface area contributed by atoms with E-state index in [4.69, 9.17) is 0 Å². The van der Waals surface area contributed by atoms with Gasteiger partial charge in [-0.15, -0.1) is 0 Å². The third-order valence-electron chi connectivity index (χ3n) is 4.58. The molecular weight excluding hydrogens is 394 g/mol. The van der Waals surface area contributed by atoms with Crippen LogP contribution in [0.5, 0.6) is 0 Å². The lowest BCUT2D eigenvalue weighted by Gasteiger charge is -2.14. The van der Waals surface area contributed by atoms with E-state index in [1.807, 2.05) is 42.6 Å². The van der Waals surface area contributed by atoms with E-state index in [-0.39, 0.29) is 5.56 Å². The Labute approximate surface area is 179 Å². The van der Waals surface area contributed by atoms with Gasteiger partial charge in [0, 0.05) is 61.2 Å². The molecule has 30 heavy (non-hydrogen) atoms. The predicted octanol–water partition coefficient (Wildman–Crippen LogP) is 3.55. The first-order chi connectivity index (χ1) is 14.8. The Morgan fingerprint density at radius 2 is 1.73 bits per heavy atom. The summed E-state index contributed by atoms with van der Waals surface area (Å²) in [5.41, 5.74) is 3.52. The van der Waals surface area contributed by atoms with Gasteiger partial charge in [0.2, 0.25) is 0 Å². The minimum absolute atomic E-state index is 0.205. The molecule has 6 nitrogen and oxygen atoms in total. The average Bonchev–Trinajstić information content (AvgIpc) is 2.80. The minimum Gasteiger partial charge on any atom is -0.327 e. The van der Waals surface area contributed by atoms with Crippen LogP contribution < -0.4 is 5.56 Å². The summed E-state index contributed by atoms with van der Waals surface area (Å²) in [7, 11) is 0. The molecule has 0 aliphatic heterocycles. The number of aromatic nitrogens is 5. The van der Waals surface area contributed by atoms with Crippen molar-refractivity contribution in [3.05, 3.63) is 112 Å². The number of hydrogen-bond donors (Lipinski definition) is 0. The molecule has 0 radical (unpaired) electrons. The Morgan fingerprint density at radius 3 is 2.50 bits per heavy atom. The van der Waals surface area contributed by atoms with Crippen LogP contribution in [0.25, 0.3) is 0 Å². The molecule has 0 unspecified atom stereocenters. The molecule has 150 valence electrons. The molecule has 0 saturated heterocycles. The van der Waals surface area contributed by atoms with Crippen LogP contribution in [-0.4, -0.2) is 24.5 Å². The number of thioether (sulfide) groups is 1. The van der Waals surface area contributed by atoms with Crippen LogP contribution in [0.15, 0.2) is 89.6 Å². The summed E-state index contributed by atoms with van der Waals surface area (Å²) in [6, 6.07) is 16.1. The largest absolute Gasteiger partial charge is 0.327 e.